The summed E-state index contributed by atoms with van der Waals surface area (Å²) in [5, 5.41) is 0. The minimum Gasteiger partial charge on any atom is -0.300 e. The molecule has 1 rings (SSSR count). The molecule has 1 aliphatic rings. The highest BCUT2D eigenvalue weighted by Crippen LogP contribution is 2.35. The fourth-order valence-electron chi connectivity index (χ4n) is 2.03. The van der Waals surface area contributed by atoms with Crippen molar-refractivity contribution in [2.75, 3.05) is 0 Å². The van der Waals surface area contributed by atoms with Gasteiger partial charge < -0.3 is 0 Å². The Morgan fingerprint density at radius 2 is 1.73 bits per heavy atom. The fourth-order valence-corrected chi connectivity index (χ4v) is 2.03. The number of Topliss-reactive ketones (excluding diaryl/α,β-unsaturated/α-hetero) is 3. The Hall–Kier alpha value is -0.990. The third-order valence-electron chi connectivity index (χ3n) is 2.91. The maximum Gasteiger partial charge on any atom is 0.144 e. The van der Waals surface area contributed by atoms with E-state index in [1.807, 2.05) is 13.8 Å². The normalized spacial score (nSPS) is 21.8. The smallest absolute Gasteiger partial charge is 0.144 e. The van der Waals surface area contributed by atoms with Gasteiger partial charge in [-0.2, -0.15) is 0 Å². The van der Waals surface area contributed by atoms with Crippen LogP contribution in [0.3, 0.4) is 0 Å². The van der Waals surface area contributed by atoms with E-state index >= 15 is 0 Å². The van der Waals surface area contributed by atoms with Gasteiger partial charge in [0.05, 0.1) is 5.92 Å². The molecule has 0 spiro atoms. The Kier molecular flexibility index (Phi) is 3.42. The monoisotopic (exact) mass is 210 g/mol. The molecule has 1 aliphatic carbocycles. The average molecular weight is 210 g/mol. The summed E-state index contributed by atoms with van der Waals surface area (Å²) in [4.78, 5) is 34.6. The van der Waals surface area contributed by atoms with Crippen molar-refractivity contribution >= 4 is 17.3 Å². The zero-order valence-electron chi connectivity index (χ0n) is 9.63. The molecule has 3 nitrogen and oxygen atoms in total. The van der Waals surface area contributed by atoms with Gasteiger partial charge in [-0.05, 0) is 5.41 Å². The van der Waals surface area contributed by atoms with Gasteiger partial charge in [0.15, 0.2) is 0 Å². The molecule has 0 saturated heterocycles. The summed E-state index contributed by atoms with van der Waals surface area (Å²) < 4.78 is 0. The highest BCUT2D eigenvalue weighted by Gasteiger charge is 2.39. The van der Waals surface area contributed by atoms with Gasteiger partial charge in [0.2, 0.25) is 0 Å². The molecule has 0 radical (unpaired) electrons. The van der Waals surface area contributed by atoms with E-state index in [1.165, 1.54) is 0 Å². The lowest BCUT2D eigenvalue weighted by Gasteiger charge is -2.31. The van der Waals surface area contributed by atoms with E-state index in [4.69, 9.17) is 0 Å². The third kappa shape index (κ3) is 2.98. The van der Waals surface area contributed by atoms with Crippen LogP contribution in [0.25, 0.3) is 0 Å². The van der Waals surface area contributed by atoms with Gasteiger partial charge in [0.1, 0.15) is 17.3 Å². The van der Waals surface area contributed by atoms with Crippen molar-refractivity contribution in [2.45, 2.75) is 46.5 Å². The maximum atomic E-state index is 11.7. The van der Waals surface area contributed by atoms with Crippen LogP contribution >= 0.6 is 0 Å². The minimum atomic E-state index is -0.648. The van der Waals surface area contributed by atoms with Crippen LogP contribution in [0.5, 0.6) is 0 Å². The van der Waals surface area contributed by atoms with E-state index in [1.54, 1.807) is 6.92 Å². The molecule has 0 bridgehead atoms. The molecule has 0 N–H and O–H groups in total. The van der Waals surface area contributed by atoms with Gasteiger partial charge in [-0.25, -0.2) is 0 Å². The lowest BCUT2D eigenvalue weighted by atomic mass is 9.70. The van der Waals surface area contributed by atoms with Gasteiger partial charge in [-0.1, -0.05) is 20.8 Å². The summed E-state index contributed by atoms with van der Waals surface area (Å²) in [5.41, 5.74) is -0.222. The molecule has 84 valence electrons. The SMILES string of the molecule is CCC(=O)CC1C(=O)CC(C)(C)CC1=O. The second kappa shape index (κ2) is 4.25. The van der Waals surface area contributed by atoms with E-state index in [2.05, 4.69) is 0 Å². The van der Waals surface area contributed by atoms with Gasteiger partial charge in [0.25, 0.3) is 0 Å². The first-order chi connectivity index (χ1) is 6.85. The predicted octanol–water partition coefficient (Wildman–Crippen LogP) is 1.93. The summed E-state index contributed by atoms with van der Waals surface area (Å²) in [7, 11) is 0. The Bertz CT molecular complexity index is 282. The molecule has 0 aromatic heterocycles. The van der Waals surface area contributed by atoms with E-state index in [0.29, 0.717) is 19.3 Å². The topological polar surface area (TPSA) is 51.2 Å². The molecule has 0 heterocycles. The number of rotatable bonds is 3. The lowest BCUT2D eigenvalue weighted by molar-refractivity contribution is -0.142. The third-order valence-corrected chi connectivity index (χ3v) is 2.91. The maximum absolute atomic E-state index is 11.7. The van der Waals surface area contributed by atoms with Crippen molar-refractivity contribution in [3.63, 3.8) is 0 Å². The first kappa shape index (κ1) is 12.1. The van der Waals surface area contributed by atoms with Crippen LogP contribution in [0.1, 0.15) is 46.5 Å². The Morgan fingerprint density at radius 3 is 2.13 bits per heavy atom. The number of carbonyl (C=O) groups is 3. The quantitative estimate of drug-likeness (QED) is 0.669. The predicted molar refractivity (Wildman–Crippen MR) is 56.4 cm³/mol. The molecular weight excluding hydrogens is 192 g/mol. The molecule has 0 atom stereocenters. The highest BCUT2D eigenvalue weighted by atomic mass is 16.2. The van der Waals surface area contributed by atoms with Gasteiger partial charge >= 0.3 is 0 Å². The first-order valence-electron chi connectivity index (χ1n) is 5.43. The fraction of sp³-hybridized carbons (Fsp3) is 0.750. The number of carbonyl (C=O) groups excluding carboxylic acids is 3. The van der Waals surface area contributed by atoms with Crippen molar-refractivity contribution in [1.29, 1.82) is 0 Å². The molecule has 0 aromatic rings. The standard InChI is InChI=1S/C12H18O3/c1-4-8(13)5-9-10(14)6-12(2,3)7-11(9)15/h9H,4-7H2,1-3H3. The van der Waals surface area contributed by atoms with Gasteiger partial charge in [-0.3, -0.25) is 14.4 Å². The van der Waals surface area contributed by atoms with Crippen LogP contribution in [0.4, 0.5) is 0 Å². The van der Waals surface area contributed by atoms with Crippen LogP contribution in [0.15, 0.2) is 0 Å². The number of hydrogen-bond donors (Lipinski definition) is 0. The van der Waals surface area contributed by atoms with Crippen LogP contribution in [-0.4, -0.2) is 17.3 Å². The molecule has 0 unspecified atom stereocenters. The largest absolute Gasteiger partial charge is 0.300 e. The van der Waals surface area contributed by atoms with Crippen molar-refractivity contribution in [3.05, 3.63) is 0 Å². The molecule has 3 heteroatoms. The van der Waals surface area contributed by atoms with Gasteiger partial charge in [-0.15, -0.1) is 0 Å². The molecule has 0 aromatic carbocycles. The van der Waals surface area contributed by atoms with Crippen molar-refractivity contribution in [2.24, 2.45) is 11.3 Å². The van der Waals surface area contributed by atoms with Crippen LogP contribution in [0, 0.1) is 11.3 Å². The van der Waals surface area contributed by atoms with Crippen LogP contribution in [-0.2, 0) is 14.4 Å². The van der Waals surface area contributed by atoms with Crippen molar-refractivity contribution in [1.82, 2.24) is 0 Å². The van der Waals surface area contributed by atoms with Crippen LogP contribution < -0.4 is 0 Å². The van der Waals surface area contributed by atoms with E-state index in [-0.39, 0.29) is 29.2 Å². The summed E-state index contributed by atoms with van der Waals surface area (Å²) in [6, 6.07) is 0. The van der Waals surface area contributed by atoms with Crippen molar-refractivity contribution < 1.29 is 14.4 Å². The molecule has 1 fully saturated rings. The van der Waals surface area contributed by atoms with E-state index < -0.39 is 5.92 Å². The Balaban J connectivity index is 2.71. The molecule has 1 saturated carbocycles. The molecule has 0 aliphatic heterocycles. The molecule has 15 heavy (non-hydrogen) atoms. The zero-order valence-corrected chi connectivity index (χ0v) is 9.63. The summed E-state index contributed by atoms with van der Waals surface area (Å²) in [6.45, 7) is 5.59. The van der Waals surface area contributed by atoms with Crippen molar-refractivity contribution in [3.8, 4) is 0 Å². The Morgan fingerprint density at radius 1 is 1.27 bits per heavy atom. The van der Waals surface area contributed by atoms with E-state index in [9.17, 15) is 14.4 Å². The van der Waals surface area contributed by atoms with Crippen LogP contribution in [0.2, 0.25) is 0 Å². The average Bonchev–Trinajstić information content (AvgIpc) is 2.09. The molecular formula is C12H18O3. The van der Waals surface area contributed by atoms with E-state index in [0.717, 1.165) is 0 Å². The zero-order chi connectivity index (χ0) is 11.6. The summed E-state index contributed by atoms with van der Waals surface area (Å²) in [6.07, 6.45) is 1.35. The summed E-state index contributed by atoms with van der Waals surface area (Å²) in [5.74, 6) is -0.761. The Labute approximate surface area is 90.2 Å². The van der Waals surface area contributed by atoms with Gasteiger partial charge in [0, 0.05) is 25.7 Å². The molecule has 0 amide bonds. The first-order valence-corrected chi connectivity index (χ1v) is 5.43. The summed E-state index contributed by atoms with van der Waals surface area (Å²) >= 11 is 0. The second-order valence-corrected chi connectivity index (χ2v) is 5.10. The number of hydrogen-bond acceptors (Lipinski definition) is 3. The second-order valence-electron chi connectivity index (χ2n) is 5.10. The minimum absolute atomic E-state index is 0.00130. The highest BCUT2D eigenvalue weighted by molar-refractivity contribution is 6.07. The number of ketones is 3. The lowest BCUT2D eigenvalue weighted by Crippen LogP contribution is -2.38.